The van der Waals surface area contributed by atoms with Gasteiger partial charge >= 0.3 is 0 Å². The van der Waals surface area contributed by atoms with Crippen LogP contribution in [0, 0.1) is 10.1 Å². The van der Waals surface area contributed by atoms with Crippen molar-refractivity contribution in [3.05, 3.63) is 58.9 Å². The zero-order valence-corrected chi connectivity index (χ0v) is 14.1. The van der Waals surface area contributed by atoms with E-state index in [1.54, 1.807) is 18.5 Å². The summed E-state index contributed by atoms with van der Waals surface area (Å²) in [6.45, 7) is 0.675. The molecule has 0 aliphatic carbocycles. The van der Waals surface area contributed by atoms with Crippen LogP contribution in [0.2, 0.25) is 0 Å². The Kier molecular flexibility index (Phi) is 4.95. The smallest absolute Gasteiger partial charge is 0.269 e. The molecule has 3 rings (SSSR count). The molecule has 0 radical (unpaired) electrons. The fraction of sp³-hybridized carbons (Fsp3) is 0.312. The van der Waals surface area contributed by atoms with E-state index in [-0.39, 0.29) is 16.7 Å². The summed E-state index contributed by atoms with van der Waals surface area (Å²) < 4.78 is 32.5. The topological polar surface area (TPSA) is 103 Å². The number of nitro benzene ring substituents is 1. The van der Waals surface area contributed by atoms with E-state index in [4.69, 9.17) is 4.74 Å². The minimum Gasteiger partial charge on any atom is -0.489 e. The number of sulfonamides is 1. The van der Waals surface area contributed by atoms with E-state index in [1.165, 1.54) is 28.6 Å². The summed E-state index contributed by atoms with van der Waals surface area (Å²) in [4.78, 5) is 14.2. The molecular weight excluding hydrogens is 346 g/mol. The molecule has 25 heavy (non-hydrogen) atoms. The van der Waals surface area contributed by atoms with Gasteiger partial charge in [0, 0.05) is 31.4 Å². The second-order valence-electron chi connectivity index (χ2n) is 5.66. The highest BCUT2D eigenvalue weighted by Gasteiger charge is 2.30. The summed E-state index contributed by atoms with van der Waals surface area (Å²) >= 11 is 0. The van der Waals surface area contributed by atoms with E-state index < -0.39 is 14.9 Å². The van der Waals surface area contributed by atoms with Crippen molar-refractivity contribution in [3.8, 4) is 5.75 Å². The highest BCUT2D eigenvalue weighted by molar-refractivity contribution is 7.89. The molecule has 1 aromatic heterocycles. The molecule has 0 bridgehead atoms. The summed E-state index contributed by atoms with van der Waals surface area (Å²) in [7, 11) is -3.66. The maximum atomic E-state index is 12.6. The summed E-state index contributed by atoms with van der Waals surface area (Å²) in [5, 5.41) is 10.7. The highest BCUT2D eigenvalue weighted by Crippen LogP contribution is 2.24. The summed E-state index contributed by atoms with van der Waals surface area (Å²) in [5.74, 6) is 0.666. The molecular formula is C16H17N3O5S. The maximum Gasteiger partial charge on any atom is 0.269 e. The quantitative estimate of drug-likeness (QED) is 0.596. The first kappa shape index (κ1) is 17.3. The molecule has 132 valence electrons. The molecule has 2 aromatic rings. The van der Waals surface area contributed by atoms with E-state index in [2.05, 4.69) is 4.98 Å². The molecule has 8 nitrogen and oxygen atoms in total. The summed E-state index contributed by atoms with van der Waals surface area (Å²) in [5.41, 5.74) is -0.137. The zero-order chi connectivity index (χ0) is 17.9. The lowest BCUT2D eigenvalue weighted by molar-refractivity contribution is -0.384. The first-order chi connectivity index (χ1) is 12.0. The Labute approximate surface area is 145 Å². The molecule has 1 saturated heterocycles. The molecule has 0 spiro atoms. The van der Waals surface area contributed by atoms with Crippen molar-refractivity contribution in [2.24, 2.45) is 0 Å². The molecule has 0 atom stereocenters. The van der Waals surface area contributed by atoms with Crippen molar-refractivity contribution >= 4 is 15.7 Å². The predicted molar refractivity (Wildman–Crippen MR) is 89.7 cm³/mol. The third-order valence-corrected chi connectivity index (χ3v) is 5.94. The predicted octanol–water partition coefficient (Wildman–Crippen LogP) is 2.22. The van der Waals surface area contributed by atoms with E-state index in [0.29, 0.717) is 31.7 Å². The SMILES string of the molecule is O=[N+]([O-])c1ccc(S(=O)(=O)N2CCC(Oc3cccnc3)CC2)cc1. The molecule has 1 aliphatic heterocycles. The van der Waals surface area contributed by atoms with Gasteiger partial charge in [-0.25, -0.2) is 8.42 Å². The van der Waals surface area contributed by atoms with Crippen LogP contribution in [0.4, 0.5) is 5.69 Å². The summed E-state index contributed by atoms with van der Waals surface area (Å²) in [6, 6.07) is 8.53. The molecule has 2 heterocycles. The van der Waals surface area contributed by atoms with Crippen molar-refractivity contribution in [2.45, 2.75) is 23.8 Å². The average Bonchev–Trinajstić information content (AvgIpc) is 2.63. The maximum absolute atomic E-state index is 12.6. The van der Waals surface area contributed by atoms with Crippen LogP contribution in [0.15, 0.2) is 53.7 Å². The molecule has 1 fully saturated rings. The van der Waals surface area contributed by atoms with Crippen LogP contribution in [0.3, 0.4) is 0 Å². The van der Waals surface area contributed by atoms with Gasteiger partial charge in [0.15, 0.2) is 0 Å². The summed E-state index contributed by atoms with van der Waals surface area (Å²) in [6.07, 6.45) is 4.36. The van der Waals surface area contributed by atoms with Crippen LogP contribution in [0.1, 0.15) is 12.8 Å². The Morgan fingerprint density at radius 2 is 1.84 bits per heavy atom. The van der Waals surface area contributed by atoms with Crippen molar-refractivity contribution < 1.29 is 18.1 Å². The van der Waals surface area contributed by atoms with Crippen LogP contribution in [0.25, 0.3) is 0 Å². The third kappa shape index (κ3) is 3.94. The Balaban J connectivity index is 1.64. The van der Waals surface area contributed by atoms with Gasteiger partial charge in [0.1, 0.15) is 11.9 Å². The number of hydrogen-bond donors (Lipinski definition) is 0. The number of hydrogen-bond acceptors (Lipinski definition) is 6. The van der Waals surface area contributed by atoms with Crippen molar-refractivity contribution in [1.29, 1.82) is 0 Å². The Hall–Kier alpha value is -2.52. The van der Waals surface area contributed by atoms with Gasteiger partial charge in [0.05, 0.1) is 16.0 Å². The average molecular weight is 363 g/mol. The molecule has 1 aliphatic rings. The van der Waals surface area contributed by atoms with Crippen molar-refractivity contribution in [2.75, 3.05) is 13.1 Å². The van der Waals surface area contributed by atoms with Gasteiger partial charge in [0.2, 0.25) is 10.0 Å². The number of piperidine rings is 1. The molecule has 1 aromatic carbocycles. The third-order valence-electron chi connectivity index (χ3n) is 4.02. The van der Waals surface area contributed by atoms with Crippen LogP contribution in [0.5, 0.6) is 5.75 Å². The number of ether oxygens (including phenoxy) is 1. The van der Waals surface area contributed by atoms with Crippen molar-refractivity contribution in [1.82, 2.24) is 9.29 Å². The van der Waals surface area contributed by atoms with E-state index in [9.17, 15) is 18.5 Å². The first-order valence-corrected chi connectivity index (χ1v) is 9.22. The first-order valence-electron chi connectivity index (χ1n) is 7.78. The van der Waals surface area contributed by atoms with Crippen molar-refractivity contribution in [3.63, 3.8) is 0 Å². The van der Waals surface area contributed by atoms with Gasteiger partial charge in [-0.1, -0.05) is 0 Å². The normalized spacial score (nSPS) is 16.5. The number of nitrogens with zero attached hydrogens (tertiary/aromatic N) is 3. The lowest BCUT2D eigenvalue weighted by atomic mass is 10.1. The number of benzene rings is 1. The van der Waals surface area contributed by atoms with Crippen LogP contribution < -0.4 is 4.74 Å². The lowest BCUT2D eigenvalue weighted by Crippen LogP contribution is -2.41. The monoisotopic (exact) mass is 363 g/mol. The lowest BCUT2D eigenvalue weighted by Gasteiger charge is -2.31. The van der Waals surface area contributed by atoms with Gasteiger partial charge < -0.3 is 4.74 Å². The standard InChI is InChI=1S/C16H17N3O5S/c20-19(21)13-3-5-16(6-4-13)25(22,23)18-10-7-14(8-11-18)24-15-2-1-9-17-12-15/h1-6,9,12,14H,7-8,10-11H2. The van der Waals surface area contributed by atoms with Crippen LogP contribution in [-0.4, -0.2) is 41.8 Å². The Morgan fingerprint density at radius 3 is 2.40 bits per heavy atom. The number of nitro groups is 1. The number of pyridine rings is 1. The van der Waals surface area contributed by atoms with E-state index in [1.807, 2.05) is 6.07 Å². The second kappa shape index (κ2) is 7.16. The van der Waals surface area contributed by atoms with Gasteiger partial charge in [-0.3, -0.25) is 15.1 Å². The Morgan fingerprint density at radius 1 is 1.16 bits per heavy atom. The van der Waals surface area contributed by atoms with E-state index in [0.717, 1.165) is 0 Å². The van der Waals surface area contributed by atoms with Gasteiger partial charge in [-0.05, 0) is 37.1 Å². The second-order valence-corrected chi connectivity index (χ2v) is 7.60. The molecule has 0 saturated carbocycles. The number of non-ortho nitro benzene ring substituents is 1. The van der Waals surface area contributed by atoms with Gasteiger partial charge in [-0.2, -0.15) is 4.31 Å². The minimum atomic E-state index is -3.66. The van der Waals surface area contributed by atoms with Gasteiger partial charge in [0.25, 0.3) is 5.69 Å². The zero-order valence-electron chi connectivity index (χ0n) is 13.3. The fourth-order valence-electron chi connectivity index (χ4n) is 2.69. The largest absolute Gasteiger partial charge is 0.489 e. The van der Waals surface area contributed by atoms with Crippen LogP contribution in [-0.2, 0) is 10.0 Å². The molecule has 0 amide bonds. The number of aromatic nitrogens is 1. The molecule has 0 unspecified atom stereocenters. The Bertz CT molecular complexity index is 832. The minimum absolute atomic E-state index is 0.0599. The van der Waals surface area contributed by atoms with Crippen LogP contribution >= 0.6 is 0 Å². The molecule has 9 heteroatoms. The van der Waals surface area contributed by atoms with E-state index >= 15 is 0 Å². The highest BCUT2D eigenvalue weighted by atomic mass is 32.2. The fourth-order valence-corrected chi connectivity index (χ4v) is 4.16. The molecule has 0 N–H and O–H groups in total. The van der Waals surface area contributed by atoms with Gasteiger partial charge in [-0.15, -0.1) is 0 Å². The number of rotatable bonds is 5.